The molecule has 0 saturated carbocycles. The van der Waals surface area contributed by atoms with Crippen molar-refractivity contribution in [1.29, 1.82) is 0 Å². The van der Waals surface area contributed by atoms with Crippen LogP contribution in [0.3, 0.4) is 0 Å². The summed E-state index contributed by atoms with van der Waals surface area (Å²) in [5, 5.41) is 3.66. The second-order valence-corrected chi connectivity index (χ2v) is 9.48. The molecule has 1 saturated heterocycles. The quantitative estimate of drug-likeness (QED) is 0.677. The van der Waals surface area contributed by atoms with E-state index in [1.807, 2.05) is 18.2 Å². The number of carbonyl (C=O) groups is 2. The molecule has 6 nitrogen and oxygen atoms in total. The third-order valence-corrected chi connectivity index (χ3v) is 6.39. The van der Waals surface area contributed by atoms with Crippen molar-refractivity contribution in [3.63, 3.8) is 0 Å². The van der Waals surface area contributed by atoms with Crippen LogP contribution in [0, 0.1) is 0 Å². The summed E-state index contributed by atoms with van der Waals surface area (Å²) in [6.07, 6.45) is 0.816. The van der Waals surface area contributed by atoms with Gasteiger partial charge in [0.05, 0.1) is 28.0 Å². The molecular formula is C19H21BrClN3O3S. The molecule has 28 heavy (non-hydrogen) atoms. The number of likely N-dealkylation sites (N-methyl/N-ethyl adjacent to an activating group) is 1. The van der Waals surface area contributed by atoms with Crippen LogP contribution in [0.4, 0.5) is 5.69 Å². The smallest absolute Gasteiger partial charge is 0.264 e. The van der Waals surface area contributed by atoms with E-state index >= 15 is 0 Å². The molecule has 1 atom stereocenters. The topological polar surface area (TPSA) is 61.9 Å². The Kier molecular flexibility index (Phi) is 6.85. The van der Waals surface area contributed by atoms with Gasteiger partial charge in [0.15, 0.2) is 0 Å². The van der Waals surface area contributed by atoms with E-state index in [-0.39, 0.29) is 24.4 Å². The average molecular weight is 487 g/mol. The van der Waals surface area contributed by atoms with Crippen molar-refractivity contribution in [2.45, 2.75) is 12.5 Å². The van der Waals surface area contributed by atoms with Gasteiger partial charge in [-0.1, -0.05) is 11.6 Å². The van der Waals surface area contributed by atoms with Gasteiger partial charge in [-0.25, -0.2) is 0 Å². The molecule has 1 aliphatic rings. The first-order valence-corrected chi connectivity index (χ1v) is 10.7. The lowest BCUT2D eigenvalue weighted by Crippen LogP contribution is -2.43. The van der Waals surface area contributed by atoms with Crippen molar-refractivity contribution in [2.75, 3.05) is 38.7 Å². The first-order valence-electron chi connectivity index (χ1n) is 8.76. The van der Waals surface area contributed by atoms with Crippen LogP contribution >= 0.6 is 38.9 Å². The number of carbonyl (C=O) groups excluding carboxylic acids is 2. The molecule has 2 heterocycles. The molecule has 3 rings (SSSR count). The van der Waals surface area contributed by atoms with Crippen LogP contribution in [-0.2, 0) is 4.79 Å². The largest absolute Gasteiger partial charge is 0.495 e. The molecule has 9 heteroatoms. The zero-order valence-electron chi connectivity index (χ0n) is 15.6. The Morgan fingerprint density at radius 3 is 2.86 bits per heavy atom. The van der Waals surface area contributed by atoms with Crippen LogP contribution in [0.2, 0.25) is 5.02 Å². The van der Waals surface area contributed by atoms with Crippen molar-refractivity contribution < 1.29 is 14.3 Å². The standard InChI is InChI=1S/C19H21BrClN3O3S/c1-23(19(26)16-5-6-17(20)28-16)11-18(25)22-13-7-8-24(10-13)14-9-12(21)3-4-15(14)27-2/h3-6,9,13H,7-8,10-11H2,1-2H3,(H,22,25)/t13-/m0/s1. The molecule has 0 radical (unpaired) electrons. The number of halogens is 2. The maximum atomic E-state index is 12.4. The van der Waals surface area contributed by atoms with E-state index in [4.69, 9.17) is 16.3 Å². The third kappa shape index (κ3) is 4.98. The van der Waals surface area contributed by atoms with E-state index < -0.39 is 0 Å². The van der Waals surface area contributed by atoms with Gasteiger partial charge in [0.2, 0.25) is 5.91 Å². The summed E-state index contributed by atoms with van der Waals surface area (Å²) < 4.78 is 6.30. The van der Waals surface area contributed by atoms with Crippen LogP contribution in [0.1, 0.15) is 16.1 Å². The zero-order chi connectivity index (χ0) is 20.3. The Labute approximate surface area is 181 Å². The fourth-order valence-electron chi connectivity index (χ4n) is 3.19. The number of ether oxygens (including phenoxy) is 1. The minimum absolute atomic E-state index is 0.00979. The summed E-state index contributed by atoms with van der Waals surface area (Å²) in [5.74, 6) is 0.419. The van der Waals surface area contributed by atoms with Crippen molar-refractivity contribution in [3.8, 4) is 5.75 Å². The monoisotopic (exact) mass is 485 g/mol. The van der Waals surface area contributed by atoms with E-state index in [1.165, 1.54) is 16.2 Å². The molecule has 1 aromatic carbocycles. The van der Waals surface area contributed by atoms with E-state index in [2.05, 4.69) is 26.1 Å². The number of rotatable bonds is 6. The van der Waals surface area contributed by atoms with E-state index in [0.29, 0.717) is 16.4 Å². The van der Waals surface area contributed by atoms with Gasteiger partial charge in [-0.2, -0.15) is 0 Å². The molecule has 1 aromatic heterocycles. The van der Waals surface area contributed by atoms with Gasteiger partial charge in [-0.05, 0) is 52.7 Å². The Balaban J connectivity index is 1.54. The molecule has 2 amide bonds. The highest BCUT2D eigenvalue weighted by Crippen LogP contribution is 2.33. The summed E-state index contributed by atoms with van der Waals surface area (Å²) in [6, 6.07) is 9.08. The molecule has 1 aliphatic heterocycles. The maximum absolute atomic E-state index is 12.4. The van der Waals surface area contributed by atoms with E-state index in [9.17, 15) is 9.59 Å². The number of benzene rings is 1. The van der Waals surface area contributed by atoms with Crippen molar-refractivity contribution in [1.82, 2.24) is 10.2 Å². The second kappa shape index (κ2) is 9.15. The molecule has 0 bridgehead atoms. The predicted octanol–water partition coefficient (Wildman–Crippen LogP) is 3.64. The van der Waals surface area contributed by atoms with Crippen LogP contribution in [0.5, 0.6) is 5.75 Å². The third-order valence-electron chi connectivity index (χ3n) is 4.55. The molecule has 0 aliphatic carbocycles. The summed E-state index contributed by atoms with van der Waals surface area (Å²) in [5.41, 5.74) is 0.919. The number of methoxy groups -OCH3 is 1. The number of hydrogen-bond donors (Lipinski definition) is 1. The van der Waals surface area contributed by atoms with Gasteiger partial charge in [0.25, 0.3) is 5.91 Å². The van der Waals surface area contributed by atoms with Crippen molar-refractivity contribution >= 4 is 56.4 Å². The highest BCUT2D eigenvalue weighted by molar-refractivity contribution is 9.11. The highest BCUT2D eigenvalue weighted by atomic mass is 79.9. The Morgan fingerprint density at radius 2 is 2.18 bits per heavy atom. The fourth-order valence-corrected chi connectivity index (χ4v) is 4.73. The van der Waals surface area contributed by atoms with Crippen LogP contribution in [0.25, 0.3) is 0 Å². The second-order valence-electron chi connectivity index (χ2n) is 6.58. The van der Waals surface area contributed by atoms with Crippen molar-refractivity contribution in [3.05, 3.63) is 44.0 Å². The van der Waals surface area contributed by atoms with Gasteiger partial charge >= 0.3 is 0 Å². The average Bonchev–Trinajstić information content (AvgIpc) is 3.30. The van der Waals surface area contributed by atoms with Crippen LogP contribution < -0.4 is 15.0 Å². The maximum Gasteiger partial charge on any atom is 0.264 e. The molecule has 2 aromatic rings. The van der Waals surface area contributed by atoms with E-state index in [0.717, 1.165) is 28.2 Å². The lowest BCUT2D eigenvalue weighted by molar-refractivity contribution is -0.122. The van der Waals surface area contributed by atoms with E-state index in [1.54, 1.807) is 26.3 Å². The number of amides is 2. The molecule has 0 unspecified atom stereocenters. The Morgan fingerprint density at radius 1 is 1.39 bits per heavy atom. The van der Waals surface area contributed by atoms with Gasteiger partial charge in [0, 0.05) is 31.2 Å². The van der Waals surface area contributed by atoms with Crippen LogP contribution in [-0.4, -0.2) is 56.5 Å². The lowest BCUT2D eigenvalue weighted by Gasteiger charge is -2.22. The zero-order valence-corrected chi connectivity index (χ0v) is 18.7. The molecule has 1 fully saturated rings. The number of nitrogens with one attached hydrogen (secondary N) is 1. The summed E-state index contributed by atoms with van der Waals surface area (Å²) in [6.45, 7) is 1.48. The number of anilines is 1. The number of hydrogen-bond acceptors (Lipinski definition) is 5. The normalized spacial score (nSPS) is 16.1. The Hall–Kier alpha value is -1.77. The molecular weight excluding hydrogens is 466 g/mol. The SMILES string of the molecule is COc1ccc(Cl)cc1N1CC[C@H](NC(=O)CN(C)C(=O)c2ccc(Br)s2)C1. The lowest BCUT2D eigenvalue weighted by atomic mass is 10.2. The van der Waals surface area contributed by atoms with Gasteiger partial charge in [-0.15, -0.1) is 11.3 Å². The summed E-state index contributed by atoms with van der Waals surface area (Å²) in [4.78, 5) is 28.9. The first-order chi connectivity index (χ1) is 13.4. The molecule has 0 spiro atoms. The van der Waals surface area contributed by atoms with Crippen LogP contribution in [0.15, 0.2) is 34.1 Å². The predicted molar refractivity (Wildman–Crippen MR) is 116 cm³/mol. The molecule has 150 valence electrons. The summed E-state index contributed by atoms with van der Waals surface area (Å²) in [7, 11) is 3.26. The minimum atomic E-state index is -0.170. The minimum Gasteiger partial charge on any atom is -0.495 e. The number of nitrogens with zero attached hydrogens (tertiary/aromatic N) is 2. The Bertz CT molecular complexity index is 876. The summed E-state index contributed by atoms with van der Waals surface area (Å²) >= 11 is 10.8. The first kappa shape index (κ1) is 21.0. The van der Waals surface area contributed by atoms with Gasteiger partial charge < -0.3 is 19.9 Å². The molecule has 1 N–H and O–H groups in total. The van der Waals surface area contributed by atoms with Gasteiger partial charge in [0.1, 0.15) is 5.75 Å². The van der Waals surface area contributed by atoms with Gasteiger partial charge in [-0.3, -0.25) is 9.59 Å². The fraction of sp³-hybridized carbons (Fsp3) is 0.368. The highest BCUT2D eigenvalue weighted by Gasteiger charge is 2.27. The number of thiophene rings is 1. The van der Waals surface area contributed by atoms with Crippen molar-refractivity contribution in [2.24, 2.45) is 0 Å².